The molecule has 1 aromatic heterocycles. The van der Waals surface area contributed by atoms with Gasteiger partial charge in [0, 0.05) is 20.0 Å². The monoisotopic (exact) mass is 235 g/mol. The lowest BCUT2D eigenvalue weighted by Gasteiger charge is -2.08. The molecule has 0 fully saturated rings. The summed E-state index contributed by atoms with van der Waals surface area (Å²) in [4.78, 5) is 11.6. The van der Waals surface area contributed by atoms with Crippen molar-refractivity contribution in [3.63, 3.8) is 0 Å². The van der Waals surface area contributed by atoms with Gasteiger partial charge in [0.15, 0.2) is 0 Å². The number of carbonyl (C=O) groups excluding carboxylic acids is 1. The lowest BCUT2D eigenvalue weighted by atomic mass is 10.1. The van der Waals surface area contributed by atoms with Crippen LogP contribution in [-0.2, 0) is 18.3 Å². The topological polar surface area (TPSA) is 83.6 Å². The van der Waals surface area contributed by atoms with Gasteiger partial charge in [0.1, 0.15) is 18.1 Å². The fourth-order valence-electron chi connectivity index (χ4n) is 1.50. The van der Waals surface area contributed by atoms with Crippen molar-refractivity contribution in [1.82, 2.24) is 20.1 Å². The van der Waals surface area contributed by atoms with Crippen molar-refractivity contribution in [1.29, 1.82) is 5.26 Å². The number of aryl methyl sites for hydroxylation is 1. The molecule has 0 radical (unpaired) electrons. The van der Waals surface area contributed by atoms with E-state index in [1.54, 1.807) is 10.9 Å². The average Bonchev–Trinajstić information content (AvgIpc) is 2.72. The van der Waals surface area contributed by atoms with Gasteiger partial charge < -0.3 is 9.88 Å². The molecule has 1 N–H and O–H groups in total. The van der Waals surface area contributed by atoms with Crippen LogP contribution in [0.1, 0.15) is 25.6 Å². The van der Waals surface area contributed by atoms with Gasteiger partial charge in [-0.1, -0.05) is 13.3 Å². The van der Waals surface area contributed by atoms with Gasteiger partial charge in [0.2, 0.25) is 5.91 Å². The first-order valence-corrected chi connectivity index (χ1v) is 5.69. The summed E-state index contributed by atoms with van der Waals surface area (Å²) in [7, 11) is 1.85. The number of hydrogen-bond donors (Lipinski definition) is 1. The zero-order valence-corrected chi connectivity index (χ0v) is 10.2. The van der Waals surface area contributed by atoms with E-state index < -0.39 is 5.92 Å². The Bertz CT molecular complexity index is 406. The number of hydrogen-bond acceptors (Lipinski definition) is 4. The van der Waals surface area contributed by atoms with Crippen LogP contribution in [0.5, 0.6) is 0 Å². The van der Waals surface area contributed by atoms with Crippen LogP contribution in [0.25, 0.3) is 0 Å². The molecule has 1 rings (SSSR count). The fraction of sp³-hybridized carbons (Fsp3) is 0.636. The van der Waals surface area contributed by atoms with Gasteiger partial charge in [0.25, 0.3) is 0 Å². The molecule has 0 aliphatic carbocycles. The largest absolute Gasteiger partial charge is 0.355 e. The maximum atomic E-state index is 11.6. The third kappa shape index (κ3) is 3.87. The maximum absolute atomic E-state index is 11.6. The molecule has 1 amide bonds. The van der Waals surface area contributed by atoms with E-state index in [-0.39, 0.29) is 5.91 Å². The molecular weight excluding hydrogens is 218 g/mol. The van der Waals surface area contributed by atoms with Crippen molar-refractivity contribution >= 4 is 5.91 Å². The Morgan fingerprint density at radius 3 is 3.00 bits per heavy atom. The van der Waals surface area contributed by atoms with Crippen molar-refractivity contribution in [3.05, 3.63) is 12.2 Å². The Kier molecular flexibility index (Phi) is 5.14. The highest BCUT2D eigenvalue weighted by molar-refractivity contribution is 5.80. The Morgan fingerprint density at radius 1 is 1.71 bits per heavy atom. The second kappa shape index (κ2) is 6.63. The lowest BCUT2D eigenvalue weighted by molar-refractivity contribution is -0.123. The number of nitrogens with one attached hydrogen (secondary N) is 1. The predicted molar refractivity (Wildman–Crippen MR) is 61.7 cm³/mol. The summed E-state index contributed by atoms with van der Waals surface area (Å²) in [6, 6.07) is 2.01. The molecule has 0 saturated carbocycles. The molecule has 0 spiro atoms. The van der Waals surface area contributed by atoms with Crippen LogP contribution in [0.15, 0.2) is 6.33 Å². The van der Waals surface area contributed by atoms with Gasteiger partial charge in [-0.3, -0.25) is 4.79 Å². The number of carbonyl (C=O) groups is 1. The third-order valence-electron chi connectivity index (χ3n) is 2.50. The molecule has 6 heteroatoms. The van der Waals surface area contributed by atoms with Crippen LogP contribution in [0.2, 0.25) is 0 Å². The van der Waals surface area contributed by atoms with E-state index >= 15 is 0 Å². The van der Waals surface area contributed by atoms with Crippen molar-refractivity contribution in [2.75, 3.05) is 6.54 Å². The number of rotatable bonds is 6. The molecule has 0 aliphatic rings. The van der Waals surface area contributed by atoms with Crippen LogP contribution in [0, 0.1) is 17.2 Å². The summed E-state index contributed by atoms with van der Waals surface area (Å²) in [5, 5.41) is 19.2. The Balaban J connectivity index is 2.34. The number of nitrogens with zero attached hydrogens (tertiary/aromatic N) is 4. The number of aromatic nitrogens is 3. The maximum Gasteiger partial charge on any atom is 0.237 e. The molecule has 1 aromatic rings. The van der Waals surface area contributed by atoms with E-state index in [2.05, 4.69) is 15.5 Å². The number of amides is 1. The smallest absolute Gasteiger partial charge is 0.237 e. The van der Waals surface area contributed by atoms with E-state index in [9.17, 15) is 4.79 Å². The quantitative estimate of drug-likeness (QED) is 0.774. The molecule has 0 aliphatic heterocycles. The van der Waals surface area contributed by atoms with E-state index in [1.807, 2.05) is 20.0 Å². The second-order valence-electron chi connectivity index (χ2n) is 3.87. The lowest BCUT2D eigenvalue weighted by Crippen LogP contribution is -2.31. The highest BCUT2D eigenvalue weighted by atomic mass is 16.1. The van der Waals surface area contributed by atoms with Crippen LogP contribution < -0.4 is 5.32 Å². The summed E-state index contributed by atoms with van der Waals surface area (Å²) >= 11 is 0. The van der Waals surface area contributed by atoms with E-state index in [0.29, 0.717) is 19.4 Å². The van der Waals surface area contributed by atoms with Crippen LogP contribution in [-0.4, -0.2) is 27.2 Å². The van der Waals surface area contributed by atoms with Gasteiger partial charge >= 0.3 is 0 Å². The predicted octanol–water partition coefficient (Wildman–Crippen LogP) is 0.414. The summed E-state index contributed by atoms with van der Waals surface area (Å²) in [5.41, 5.74) is 0. The van der Waals surface area contributed by atoms with Crippen LogP contribution in [0.3, 0.4) is 0 Å². The summed E-state index contributed by atoms with van der Waals surface area (Å²) < 4.78 is 1.81. The molecule has 17 heavy (non-hydrogen) atoms. The van der Waals surface area contributed by atoms with Gasteiger partial charge in [-0.25, -0.2) is 0 Å². The SMILES string of the molecule is CCCC(C#N)C(=O)NCCc1nncn1C. The molecule has 6 nitrogen and oxygen atoms in total. The van der Waals surface area contributed by atoms with E-state index in [4.69, 9.17) is 5.26 Å². The average molecular weight is 235 g/mol. The molecule has 0 aromatic carbocycles. The summed E-state index contributed by atoms with van der Waals surface area (Å²) in [6.07, 6.45) is 3.67. The zero-order valence-electron chi connectivity index (χ0n) is 10.2. The molecule has 0 bridgehead atoms. The minimum atomic E-state index is -0.542. The van der Waals surface area contributed by atoms with Gasteiger partial charge in [0.05, 0.1) is 6.07 Å². The molecule has 1 heterocycles. The molecule has 1 unspecified atom stereocenters. The molecular formula is C11H17N5O. The summed E-state index contributed by atoms with van der Waals surface area (Å²) in [6.45, 7) is 2.43. The standard InChI is InChI=1S/C11H17N5O/c1-3-4-9(7-12)11(17)13-6-5-10-15-14-8-16(10)2/h8-9H,3-6H2,1-2H3,(H,13,17). The third-order valence-corrected chi connectivity index (χ3v) is 2.50. The summed E-state index contributed by atoms with van der Waals surface area (Å²) in [5.74, 6) is 0.0744. The first-order chi connectivity index (χ1) is 8.19. The zero-order chi connectivity index (χ0) is 12.7. The first-order valence-electron chi connectivity index (χ1n) is 5.69. The fourth-order valence-corrected chi connectivity index (χ4v) is 1.50. The molecule has 0 saturated heterocycles. The Morgan fingerprint density at radius 2 is 2.47 bits per heavy atom. The minimum absolute atomic E-state index is 0.198. The van der Waals surface area contributed by atoms with Crippen molar-refractivity contribution in [3.8, 4) is 6.07 Å². The van der Waals surface area contributed by atoms with Crippen LogP contribution >= 0.6 is 0 Å². The minimum Gasteiger partial charge on any atom is -0.355 e. The number of nitriles is 1. The first kappa shape index (κ1) is 13.2. The molecule has 92 valence electrons. The van der Waals surface area contributed by atoms with Crippen LogP contribution in [0.4, 0.5) is 0 Å². The normalized spacial score (nSPS) is 11.8. The van der Waals surface area contributed by atoms with Crippen molar-refractivity contribution in [2.45, 2.75) is 26.2 Å². The van der Waals surface area contributed by atoms with Gasteiger partial charge in [-0.15, -0.1) is 10.2 Å². The highest BCUT2D eigenvalue weighted by Crippen LogP contribution is 2.04. The highest BCUT2D eigenvalue weighted by Gasteiger charge is 2.15. The van der Waals surface area contributed by atoms with Crippen molar-refractivity contribution in [2.24, 2.45) is 13.0 Å². The molecule has 1 atom stereocenters. The second-order valence-corrected chi connectivity index (χ2v) is 3.87. The van der Waals surface area contributed by atoms with Gasteiger partial charge in [-0.05, 0) is 6.42 Å². The Hall–Kier alpha value is -1.90. The Labute approximate surface area is 101 Å². The van der Waals surface area contributed by atoms with E-state index in [1.165, 1.54) is 0 Å². The van der Waals surface area contributed by atoms with Gasteiger partial charge in [-0.2, -0.15) is 5.26 Å². The van der Waals surface area contributed by atoms with E-state index in [0.717, 1.165) is 12.2 Å². The van der Waals surface area contributed by atoms with Crippen molar-refractivity contribution < 1.29 is 4.79 Å².